The number of likely N-dealkylation sites (N-methyl/N-ethyl adjacent to an activating group) is 1. The first-order valence-corrected chi connectivity index (χ1v) is 10.1. The van der Waals surface area contributed by atoms with Crippen LogP contribution in [0.25, 0.3) is 10.9 Å². The molecule has 0 atom stereocenters. The van der Waals surface area contributed by atoms with Gasteiger partial charge in [-0.1, -0.05) is 13.0 Å². The van der Waals surface area contributed by atoms with Crippen molar-refractivity contribution in [3.63, 3.8) is 0 Å². The summed E-state index contributed by atoms with van der Waals surface area (Å²) in [5.41, 5.74) is 2.30. The highest BCUT2D eigenvalue weighted by Gasteiger charge is 2.29. The summed E-state index contributed by atoms with van der Waals surface area (Å²) in [6.07, 6.45) is 0.341. The Morgan fingerprint density at radius 1 is 1.18 bits per heavy atom. The molecular formula is C22H32N4O2. The van der Waals surface area contributed by atoms with E-state index in [1.54, 1.807) is 6.92 Å². The predicted molar refractivity (Wildman–Crippen MR) is 114 cm³/mol. The fourth-order valence-electron chi connectivity index (χ4n) is 3.82. The third kappa shape index (κ3) is 4.80. The highest BCUT2D eigenvalue weighted by atomic mass is 16.1. The summed E-state index contributed by atoms with van der Waals surface area (Å²) in [5.74, 6) is 0.0285. The van der Waals surface area contributed by atoms with E-state index in [1.807, 2.05) is 24.3 Å². The Bertz CT molecular complexity index is 895. The lowest BCUT2D eigenvalue weighted by Gasteiger charge is -2.44. The summed E-state index contributed by atoms with van der Waals surface area (Å²) in [6.45, 7) is 14.4. The molecule has 0 radical (unpaired) electrons. The molecule has 2 N–H and O–H groups in total. The zero-order valence-electron chi connectivity index (χ0n) is 17.5. The fourth-order valence-corrected chi connectivity index (χ4v) is 3.82. The molecule has 1 aliphatic rings. The summed E-state index contributed by atoms with van der Waals surface area (Å²) < 4.78 is 0. The number of carbonyl (C=O) groups excluding carboxylic acids is 1. The maximum absolute atomic E-state index is 12.5. The van der Waals surface area contributed by atoms with Crippen molar-refractivity contribution < 1.29 is 4.79 Å². The van der Waals surface area contributed by atoms with E-state index < -0.39 is 0 Å². The van der Waals surface area contributed by atoms with Crippen molar-refractivity contribution in [2.45, 2.75) is 39.7 Å². The Morgan fingerprint density at radius 2 is 1.89 bits per heavy atom. The largest absolute Gasteiger partial charge is 0.354 e. The van der Waals surface area contributed by atoms with E-state index in [4.69, 9.17) is 0 Å². The average molecular weight is 385 g/mol. The third-order valence-electron chi connectivity index (χ3n) is 5.85. The van der Waals surface area contributed by atoms with Gasteiger partial charge in [0.25, 0.3) is 5.56 Å². The predicted octanol–water partition coefficient (Wildman–Crippen LogP) is 1.91. The highest BCUT2D eigenvalue weighted by Crippen LogP contribution is 2.17. The minimum absolute atomic E-state index is 0.0285. The van der Waals surface area contributed by atoms with Gasteiger partial charge < -0.3 is 15.2 Å². The lowest BCUT2D eigenvalue weighted by atomic mass is 10.0. The second kappa shape index (κ2) is 8.45. The van der Waals surface area contributed by atoms with Gasteiger partial charge in [-0.3, -0.25) is 14.5 Å². The Labute approximate surface area is 166 Å². The molecule has 152 valence electrons. The average Bonchev–Trinajstić information content (AvgIpc) is 2.68. The number of hydrogen-bond donors (Lipinski definition) is 2. The van der Waals surface area contributed by atoms with Crippen molar-refractivity contribution in [3.8, 4) is 0 Å². The normalized spacial score (nSPS) is 16.4. The lowest BCUT2D eigenvalue weighted by Crippen LogP contribution is -2.58. The van der Waals surface area contributed by atoms with E-state index in [2.05, 4.69) is 40.9 Å². The van der Waals surface area contributed by atoms with Crippen LogP contribution in [0.5, 0.6) is 0 Å². The molecule has 0 aliphatic carbocycles. The Balaban J connectivity index is 1.57. The molecule has 6 heteroatoms. The van der Waals surface area contributed by atoms with Crippen LogP contribution < -0.4 is 10.9 Å². The molecule has 2 aromatic rings. The van der Waals surface area contributed by atoms with Crippen LogP contribution in [-0.2, 0) is 11.2 Å². The van der Waals surface area contributed by atoms with Crippen LogP contribution in [0.15, 0.2) is 29.1 Å². The lowest BCUT2D eigenvalue weighted by molar-refractivity contribution is -0.121. The van der Waals surface area contributed by atoms with Crippen LogP contribution >= 0.6 is 0 Å². The first kappa shape index (κ1) is 20.6. The number of hydrogen-bond acceptors (Lipinski definition) is 4. The van der Waals surface area contributed by atoms with E-state index in [1.165, 1.54) is 0 Å². The molecule has 1 aliphatic heterocycles. The van der Waals surface area contributed by atoms with Gasteiger partial charge in [0, 0.05) is 49.3 Å². The van der Waals surface area contributed by atoms with E-state index in [9.17, 15) is 9.59 Å². The summed E-state index contributed by atoms with van der Waals surface area (Å²) in [7, 11) is 0. The van der Waals surface area contributed by atoms with Crippen LogP contribution in [0.4, 0.5) is 0 Å². The molecule has 0 spiro atoms. The fraction of sp³-hybridized carbons (Fsp3) is 0.545. The Hall–Kier alpha value is -2.18. The van der Waals surface area contributed by atoms with Crippen molar-refractivity contribution in [3.05, 3.63) is 45.7 Å². The van der Waals surface area contributed by atoms with Gasteiger partial charge in [0.2, 0.25) is 5.91 Å². The van der Waals surface area contributed by atoms with Gasteiger partial charge >= 0.3 is 0 Å². The molecule has 0 saturated carbocycles. The van der Waals surface area contributed by atoms with Gasteiger partial charge in [0.1, 0.15) is 0 Å². The molecule has 1 saturated heterocycles. The topological polar surface area (TPSA) is 68.4 Å². The molecule has 3 rings (SSSR count). The van der Waals surface area contributed by atoms with Crippen LogP contribution in [-0.4, -0.2) is 65.5 Å². The first-order chi connectivity index (χ1) is 13.3. The first-order valence-electron chi connectivity index (χ1n) is 10.1. The number of amides is 1. The molecule has 6 nitrogen and oxygen atoms in total. The number of piperazine rings is 1. The molecule has 0 unspecified atom stereocenters. The zero-order chi connectivity index (χ0) is 20.3. The van der Waals surface area contributed by atoms with Crippen LogP contribution in [0.3, 0.4) is 0 Å². The second-order valence-electron chi connectivity index (χ2n) is 8.39. The summed E-state index contributed by atoms with van der Waals surface area (Å²) >= 11 is 0. The van der Waals surface area contributed by atoms with Gasteiger partial charge in [-0.05, 0) is 56.5 Å². The summed E-state index contributed by atoms with van der Waals surface area (Å²) in [4.78, 5) is 32.0. The number of benzene rings is 1. The van der Waals surface area contributed by atoms with Crippen LogP contribution in [0.1, 0.15) is 31.9 Å². The number of pyridine rings is 1. The monoisotopic (exact) mass is 384 g/mol. The number of aromatic amines is 1. The molecule has 2 heterocycles. The third-order valence-corrected chi connectivity index (χ3v) is 5.85. The van der Waals surface area contributed by atoms with Gasteiger partial charge in [-0.2, -0.15) is 0 Å². The van der Waals surface area contributed by atoms with Crippen molar-refractivity contribution in [1.29, 1.82) is 0 Å². The van der Waals surface area contributed by atoms with E-state index in [0.29, 0.717) is 18.5 Å². The smallest absolute Gasteiger partial charge is 0.251 e. The van der Waals surface area contributed by atoms with Crippen LogP contribution in [0.2, 0.25) is 0 Å². The maximum atomic E-state index is 12.5. The van der Waals surface area contributed by atoms with E-state index >= 15 is 0 Å². The Kier molecular flexibility index (Phi) is 6.20. The summed E-state index contributed by atoms with van der Waals surface area (Å²) in [6, 6.07) is 7.62. The second-order valence-corrected chi connectivity index (χ2v) is 8.39. The number of fused-ring (bicyclic) bond motifs is 1. The maximum Gasteiger partial charge on any atom is 0.251 e. The minimum Gasteiger partial charge on any atom is -0.354 e. The standard InChI is InChI=1S/C22H32N4O2/c1-5-25-8-10-26(11-9-25)22(3,4)15-23-20(27)14-17-6-7-19-18(13-17)12-16(2)21(28)24-19/h6-7,12-13H,5,8-11,14-15H2,1-4H3,(H,23,27)(H,24,28). The molecule has 1 aromatic carbocycles. The van der Waals surface area contributed by atoms with Crippen molar-refractivity contribution >= 4 is 16.8 Å². The Morgan fingerprint density at radius 3 is 2.57 bits per heavy atom. The number of nitrogens with zero attached hydrogens (tertiary/aromatic N) is 2. The van der Waals surface area contributed by atoms with Crippen molar-refractivity contribution in [2.24, 2.45) is 0 Å². The number of carbonyl (C=O) groups is 1. The number of rotatable bonds is 6. The minimum atomic E-state index is -0.0694. The number of aromatic nitrogens is 1. The molecule has 0 bridgehead atoms. The SMILES string of the molecule is CCN1CCN(C(C)(C)CNC(=O)Cc2ccc3[nH]c(=O)c(C)cc3c2)CC1. The number of H-pyrrole nitrogens is 1. The zero-order valence-corrected chi connectivity index (χ0v) is 17.5. The van der Waals surface area contributed by atoms with E-state index in [-0.39, 0.29) is 17.0 Å². The molecule has 1 amide bonds. The van der Waals surface area contributed by atoms with Gasteiger partial charge in [0.05, 0.1) is 6.42 Å². The van der Waals surface area contributed by atoms with E-state index in [0.717, 1.165) is 49.2 Å². The number of aryl methyl sites for hydroxylation is 1. The van der Waals surface area contributed by atoms with Gasteiger partial charge in [-0.15, -0.1) is 0 Å². The van der Waals surface area contributed by atoms with Crippen molar-refractivity contribution in [2.75, 3.05) is 39.3 Å². The van der Waals surface area contributed by atoms with Crippen molar-refractivity contribution in [1.82, 2.24) is 20.1 Å². The quantitative estimate of drug-likeness (QED) is 0.798. The van der Waals surface area contributed by atoms with Gasteiger partial charge in [0.15, 0.2) is 0 Å². The van der Waals surface area contributed by atoms with Crippen LogP contribution in [0, 0.1) is 6.92 Å². The molecule has 1 fully saturated rings. The molecule has 28 heavy (non-hydrogen) atoms. The highest BCUT2D eigenvalue weighted by molar-refractivity contribution is 5.83. The van der Waals surface area contributed by atoms with Gasteiger partial charge in [-0.25, -0.2) is 0 Å². The molecule has 1 aromatic heterocycles. The summed E-state index contributed by atoms with van der Waals surface area (Å²) in [5, 5.41) is 4.07. The number of nitrogens with one attached hydrogen (secondary N) is 2. The molecular weight excluding hydrogens is 352 g/mol.